The van der Waals surface area contributed by atoms with Crippen molar-refractivity contribution in [2.45, 2.75) is 26.3 Å². The zero-order valence-corrected chi connectivity index (χ0v) is 13.5. The Bertz CT molecular complexity index is 639. The number of nitrogens with two attached hydrogens (primary N) is 1. The number of rotatable bonds is 4. The first-order valence-electron chi connectivity index (χ1n) is 6.52. The number of aromatic nitrogens is 2. The summed E-state index contributed by atoms with van der Waals surface area (Å²) in [6.07, 6.45) is 1.63. The number of carbonyl (C=O) groups is 1. The van der Waals surface area contributed by atoms with Crippen molar-refractivity contribution in [3.63, 3.8) is 0 Å². The fourth-order valence-electron chi connectivity index (χ4n) is 1.48. The van der Waals surface area contributed by atoms with Crippen LogP contribution in [0.25, 0.3) is 0 Å². The molecule has 0 atom stereocenters. The highest BCUT2D eigenvalue weighted by atomic mass is 35.5. The molecule has 0 aliphatic rings. The molecule has 22 heavy (non-hydrogen) atoms. The summed E-state index contributed by atoms with van der Waals surface area (Å²) in [5.41, 5.74) is 6.27. The fourth-order valence-corrected chi connectivity index (χ4v) is 1.48. The zero-order valence-electron chi connectivity index (χ0n) is 12.7. The smallest absolute Gasteiger partial charge is 0.322 e. The van der Waals surface area contributed by atoms with Gasteiger partial charge in [0.05, 0.1) is 5.54 Å². The van der Waals surface area contributed by atoms with Gasteiger partial charge < -0.3 is 15.8 Å². The molecule has 0 unspecified atom stereocenters. The first-order chi connectivity index (χ1) is 9.84. The molecule has 6 nitrogen and oxygen atoms in total. The van der Waals surface area contributed by atoms with Crippen LogP contribution in [0.3, 0.4) is 0 Å². The Kier molecular flexibility index (Phi) is 5.84. The predicted molar refractivity (Wildman–Crippen MR) is 87.4 cm³/mol. The number of anilines is 1. The highest BCUT2D eigenvalue weighted by Gasteiger charge is 2.21. The summed E-state index contributed by atoms with van der Waals surface area (Å²) < 4.78 is 5.53. The molecule has 118 valence electrons. The zero-order chi connectivity index (χ0) is 15.5. The van der Waals surface area contributed by atoms with E-state index in [2.05, 4.69) is 15.3 Å². The summed E-state index contributed by atoms with van der Waals surface area (Å²) >= 11 is 0. The second-order valence-corrected chi connectivity index (χ2v) is 5.28. The van der Waals surface area contributed by atoms with Gasteiger partial charge in [0.1, 0.15) is 5.75 Å². The van der Waals surface area contributed by atoms with Gasteiger partial charge in [-0.3, -0.25) is 4.79 Å². The second-order valence-electron chi connectivity index (χ2n) is 5.28. The van der Waals surface area contributed by atoms with Gasteiger partial charge in [-0.2, -0.15) is 0 Å². The van der Waals surface area contributed by atoms with Crippen LogP contribution in [0, 0.1) is 6.92 Å². The van der Waals surface area contributed by atoms with E-state index in [4.69, 9.17) is 10.5 Å². The minimum Gasteiger partial charge on any atom is -0.424 e. The molecule has 2 rings (SSSR count). The molecule has 0 bridgehead atoms. The van der Waals surface area contributed by atoms with Crippen LogP contribution in [0.5, 0.6) is 11.8 Å². The van der Waals surface area contributed by atoms with Gasteiger partial charge in [0.25, 0.3) is 0 Å². The van der Waals surface area contributed by atoms with Crippen molar-refractivity contribution in [1.82, 2.24) is 9.97 Å². The predicted octanol–water partition coefficient (Wildman–Crippen LogP) is 2.67. The molecule has 1 amide bonds. The van der Waals surface area contributed by atoms with Crippen LogP contribution in [-0.4, -0.2) is 21.4 Å². The monoisotopic (exact) mass is 322 g/mol. The Morgan fingerprint density at radius 1 is 1.23 bits per heavy atom. The normalized spacial score (nSPS) is 10.5. The maximum atomic E-state index is 11.8. The molecule has 1 heterocycles. The summed E-state index contributed by atoms with van der Waals surface area (Å²) in [4.78, 5) is 19.9. The van der Waals surface area contributed by atoms with E-state index >= 15 is 0 Å². The van der Waals surface area contributed by atoms with Crippen molar-refractivity contribution < 1.29 is 9.53 Å². The number of hydrogen-bond acceptors (Lipinski definition) is 5. The van der Waals surface area contributed by atoms with E-state index in [1.165, 1.54) is 0 Å². The van der Waals surface area contributed by atoms with Crippen molar-refractivity contribution in [2.24, 2.45) is 5.73 Å². The summed E-state index contributed by atoms with van der Waals surface area (Å²) in [6.45, 7) is 5.16. The van der Waals surface area contributed by atoms with Gasteiger partial charge in [-0.25, -0.2) is 9.97 Å². The van der Waals surface area contributed by atoms with E-state index in [1.54, 1.807) is 50.4 Å². The fraction of sp³-hybridized carbons (Fsp3) is 0.267. The molecule has 2 aromatic rings. The minimum absolute atomic E-state index is 0. The average molecular weight is 323 g/mol. The lowest BCUT2D eigenvalue weighted by atomic mass is 10.1. The summed E-state index contributed by atoms with van der Waals surface area (Å²) in [6, 6.07) is 8.99. The summed E-state index contributed by atoms with van der Waals surface area (Å²) in [5.74, 6) is 0.337. The molecule has 3 N–H and O–H groups in total. The Morgan fingerprint density at radius 3 is 2.41 bits per heavy atom. The van der Waals surface area contributed by atoms with Crippen molar-refractivity contribution in [2.75, 3.05) is 5.32 Å². The first kappa shape index (κ1) is 17.9. The van der Waals surface area contributed by atoms with Crippen molar-refractivity contribution in [1.29, 1.82) is 0 Å². The molecule has 0 fully saturated rings. The van der Waals surface area contributed by atoms with Gasteiger partial charge in [-0.05, 0) is 51.1 Å². The quantitative estimate of drug-likeness (QED) is 0.903. The minimum atomic E-state index is -0.926. The van der Waals surface area contributed by atoms with Gasteiger partial charge >= 0.3 is 6.01 Å². The number of nitrogens with zero attached hydrogens (tertiary/aromatic N) is 2. The van der Waals surface area contributed by atoms with E-state index < -0.39 is 5.54 Å². The van der Waals surface area contributed by atoms with Crippen LogP contribution in [0.2, 0.25) is 0 Å². The van der Waals surface area contributed by atoms with Crippen molar-refractivity contribution in [3.8, 4) is 11.8 Å². The van der Waals surface area contributed by atoms with Gasteiger partial charge in [0.2, 0.25) is 5.91 Å². The highest BCUT2D eigenvalue weighted by Crippen LogP contribution is 2.20. The number of amides is 1. The molecule has 0 aliphatic carbocycles. The number of halogens is 1. The molecule has 1 aromatic carbocycles. The van der Waals surface area contributed by atoms with Crippen molar-refractivity contribution in [3.05, 3.63) is 42.2 Å². The molecule has 0 spiro atoms. The molecular formula is C15H19ClN4O2. The Morgan fingerprint density at radius 2 is 1.86 bits per heavy atom. The first-order valence-corrected chi connectivity index (χ1v) is 6.52. The number of aryl methyl sites for hydroxylation is 1. The maximum Gasteiger partial charge on any atom is 0.322 e. The Balaban J connectivity index is 0.00000242. The third kappa shape index (κ3) is 4.98. The van der Waals surface area contributed by atoms with Gasteiger partial charge in [-0.1, -0.05) is 0 Å². The number of carbonyl (C=O) groups excluding carboxylic acids is 1. The lowest BCUT2D eigenvalue weighted by molar-refractivity contribution is -0.120. The van der Waals surface area contributed by atoms with Crippen LogP contribution >= 0.6 is 12.4 Å². The number of benzene rings is 1. The van der Waals surface area contributed by atoms with Gasteiger partial charge in [0.15, 0.2) is 0 Å². The third-order valence-corrected chi connectivity index (χ3v) is 2.68. The summed E-state index contributed by atoms with van der Waals surface area (Å²) in [7, 11) is 0. The molecule has 7 heteroatoms. The molecule has 0 aliphatic heterocycles. The van der Waals surface area contributed by atoms with Crippen LogP contribution in [0.1, 0.15) is 19.5 Å². The number of nitrogens with one attached hydrogen (secondary N) is 1. The molecule has 0 saturated heterocycles. The standard InChI is InChI=1S/C15H18N4O2.ClH/c1-10-8-9-17-14(18-10)21-12-6-4-11(5-7-12)19-13(20)15(2,3)16;/h4-9H,16H2,1-3H3,(H,19,20);1H. The summed E-state index contributed by atoms with van der Waals surface area (Å²) in [5, 5.41) is 2.73. The van der Waals surface area contributed by atoms with E-state index in [9.17, 15) is 4.79 Å². The topological polar surface area (TPSA) is 90.1 Å². The van der Waals surface area contributed by atoms with Gasteiger partial charge in [-0.15, -0.1) is 12.4 Å². The number of ether oxygens (including phenoxy) is 1. The highest BCUT2D eigenvalue weighted by molar-refractivity contribution is 5.97. The molecule has 1 aromatic heterocycles. The van der Waals surface area contributed by atoms with Crippen molar-refractivity contribution >= 4 is 24.0 Å². The lowest BCUT2D eigenvalue weighted by Gasteiger charge is -2.17. The van der Waals surface area contributed by atoms with E-state index in [-0.39, 0.29) is 24.3 Å². The molecular weight excluding hydrogens is 304 g/mol. The Labute approximate surface area is 135 Å². The molecule has 0 radical (unpaired) electrons. The average Bonchev–Trinajstić information content (AvgIpc) is 2.40. The van der Waals surface area contributed by atoms with E-state index in [0.717, 1.165) is 5.69 Å². The third-order valence-electron chi connectivity index (χ3n) is 2.68. The molecule has 0 saturated carbocycles. The SMILES string of the molecule is Cc1ccnc(Oc2ccc(NC(=O)C(C)(C)N)cc2)n1.Cl. The largest absolute Gasteiger partial charge is 0.424 e. The second kappa shape index (κ2) is 7.20. The Hall–Kier alpha value is -2.18. The van der Waals surface area contributed by atoms with E-state index in [1.807, 2.05) is 6.92 Å². The number of hydrogen-bond donors (Lipinski definition) is 2. The van der Waals surface area contributed by atoms with Crippen LogP contribution in [0.15, 0.2) is 36.5 Å². The van der Waals surface area contributed by atoms with E-state index in [0.29, 0.717) is 11.4 Å². The van der Waals surface area contributed by atoms with Crippen LogP contribution in [0.4, 0.5) is 5.69 Å². The van der Waals surface area contributed by atoms with Crippen LogP contribution < -0.4 is 15.8 Å². The van der Waals surface area contributed by atoms with Crippen LogP contribution in [-0.2, 0) is 4.79 Å². The lowest BCUT2D eigenvalue weighted by Crippen LogP contribution is -2.45. The van der Waals surface area contributed by atoms with Gasteiger partial charge in [0, 0.05) is 17.6 Å². The maximum absolute atomic E-state index is 11.8.